The highest BCUT2D eigenvalue weighted by Crippen LogP contribution is 2.26. The van der Waals surface area contributed by atoms with E-state index < -0.39 is 0 Å². The van der Waals surface area contributed by atoms with Gasteiger partial charge in [-0.2, -0.15) is 0 Å². The number of unbranched alkanes of at least 4 members (excludes halogenated alkanes) is 1. The smallest absolute Gasteiger partial charge is 0.0304 e. The number of hydrogen-bond acceptors (Lipinski definition) is 2. The molecule has 1 atom stereocenters. The summed E-state index contributed by atoms with van der Waals surface area (Å²) in [7, 11) is 0. The second-order valence-corrected chi connectivity index (χ2v) is 5.86. The molecule has 2 heteroatoms. The van der Waals surface area contributed by atoms with Crippen molar-refractivity contribution in [2.24, 2.45) is 0 Å². The molecule has 1 rings (SSSR count). The maximum atomic E-state index is 3.66. The van der Waals surface area contributed by atoms with Gasteiger partial charge in [0, 0.05) is 24.2 Å². The Labute approximate surface area is 95.4 Å². The lowest BCUT2D eigenvalue weighted by molar-refractivity contribution is 0.0234. The Morgan fingerprint density at radius 3 is 2.40 bits per heavy atom. The molecular formula is C13H28N2. The molecule has 0 bridgehead atoms. The molecule has 1 saturated heterocycles. The van der Waals surface area contributed by atoms with Crippen molar-refractivity contribution in [3.8, 4) is 0 Å². The van der Waals surface area contributed by atoms with E-state index in [0.29, 0.717) is 5.54 Å². The van der Waals surface area contributed by atoms with Crippen LogP contribution in [0.15, 0.2) is 0 Å². The van der Waals surface area contributed by atoms with Crippen LogP contribution < -0.4 is 5.32 Å². The van der Waals surface area contributed by atoms with Crippen molar-refractivity contribution in [2.45, 2.75) is 65.0 Å². The van der Waals surface area contributed by atoms with Crippen LogP contribution in [0, 0.1) is 0 Å². The van der Waals surface area contributed by atoms with Gasteiger partial charge in [0.1, 0.15) is 0 Å². The van der Waals surface area contributed by atoms with Gasteiger partial charge in [0.25, 0.3) is 0 Å². The summed E-state index contributed by atoms with van der Waals surface area (Å²) < 4.78 is 0. The van der Waals surface area contributed by atoms with E-state index in [0.717, 1.165) is 6.54 Å². The molecule has 0 spiro atoms. The Kier molecular flexibility index (Phi) is 4.19. The quantitative estimate of drug-likeness (QED) is 0.770. The van der Waals surface area contributed by atoms with Crippen molar-refractivity contribution >= 4 is 0 Å². The molecule has 1 fully saturated rings. The van der Waals surface area contributed by atoms with Crippen LogP contribution in [-0.4, -0.2) is 35.6 Å². The minimum Gasteiger partial charge on any atom is -0.309 e. The third kappa shape index (κ3) is 3.18. The molecule has 1 unspecified atom stereocenters. The van der Waals surface area contributed by atoms with Crippen molar-refractivity contribution < 1.29 is 0 Å². The Morgan fingerprint density at radius 1 is 1.20 bits per heavy atom. The summed E-state index contributed by atoms with van der Waals surface area (Å²) in [5, 5.41) is 3.66. The predicted molar refractivity (Wildman–Crippen MR) is 67.3 cm³/mol. The number of hydrogen-bond donors (Lipinski definition) is 1. The maximum absolute atomic E-state index is 3.66. The highest BCUT2D eigenvalue weighted by Gasteiger charge is 2.38. The van der Waals surface area contributed by atoms with Crippen LogP contribution in [0.4, 0.5) is 0 Å². The van der Waals surface area contributed by atoms with Crippen LogP contribution >= 0.6 is 0 Å². The van der Waals surface area contributed by atoms with Crippen molar-refractivity contribution in [1.29, 1.82) is 0 Å². The zero-order valence-corrected chi connectivity index (χ0v) is 11.2. The molecule has 1 aliphatic rings. The van der Waals surface area contributed by atoms with E-state index in [1.165, 1.54) is 32.4 Å². The standard InChI is InChI=1S/C13H28N2/c1-6-8-9-15-11-12(3,4)14-10-13(15,5)7-2/h14H,6-11H2,1-5H3. The third-order valence-corrected chi connectivity index (χ3v) is 3.84. The zero-order chi connectivity index (χ0) is 11.5. The van der Waals surface area contributed by atoms with E-state index in [2.05, 4.69) is 44.8 Å². The molecule has 1 aliphatic heterocycles. The van der Waals surface area contributed by atoms with Crippen LogP contribution in [0.25, 0.3) is 0 Å². The summed E-state index contributed by atoms with van der Waals surface area (Å²) in [4.78, 5) is 2.69. The van der Waals surface area contributed by atoms with Crippen molar-refractivity contribution in [1.82, 2.24) is 10.2 Å². The number of rotatable bonds is 4. The molecule has 15 heavy (non-hydrogen) atoms. The third-order valence-electron chi connectivity index (χ3n) is 3.84. The molecule has 2 nitrogen and oxygen atoms in total. The second-order valence-electron chi connectivity index (χ2n) is 5.86. The largest absolute Gasteiger partial charge is 0.309 e. The topological polar surface area (TPSA) is 15.3 Å². The van der Waals surface area contributed by atoms with Gasteiger partial charge in [0.2, 0.25) is 0 Å². The van der Waals surface area contributed by atoms with Crippen LogP contribution in [0.3, 0.4) is 0 Å². The fraction of sp³-hybridized carbons (Fsp3) is 1.00. The molecular weight excluding hydrogens is 184 g/mol. The van der Waals surface area contributed by atoms with Gasteiger partial charge in [0.05, 0.1) is 0 Å². The van der Waals surface area contributed by atoms with Crippen LogP contribution in [0.2, 0.25) is 0 Å². The minimum atomic E-state index is 0.280. The van der Waals surface area contributed by atoms with Gasteiger partial charge in [-0.05, 0) is 40.2 Å². The van der Waals surface area contributed by atoms with Gasteiger partial charge in [-0.25, -0.2) is 0 Å². The summed E-state index contributed by atoms with van der Waals surface area (Å²) in [5.41, 5.74) is 0.646. The maximum Gasteiger partial charge on any atom is 0.0304 e. The molecule has 0 aromatic heterocycles. The van der Waals surface area contributed by atoms with E-state index in [9.17, 15) is 0 Å². The molecule has 0 saturated carbocycles. The minimum absolute atomic E-state index is 0.280. The number of piperazine rings is 1. The summed E-state index contributed by atoms with van der Waals surface area (Å²) >= 11 is 0. The van der Waals surface area contributed by atoms with E-state index in [-0.39, 0.29) is 5.54 Å². The molecule has 1 heterocycles. The first-order valence-electron chi connectivity index (χ1n) is 6.43. The lowest BCUT2D eigenvalue weighted by Crippen LogP contribution is -2.67. The van der Waals surface area contributed by atoms with Crippen molar-refractivity contribution in [2.75, 3.05) is 19.6 Å². The van der Waals surface area contributed by atoms with Crippen LogP contribution in [-0.2, 0) is 0 Å². The van der Waals surface area contributed by atoms with Gasteiger partial charge in [-0.1, -0.05) is 20.3 Å². The lowest BCUT2D eigenvalue weighted by atomic mass is 9.88. The predicted octanol–water partition coefficient (Wildman–Crippen LogP) is 2.64. The van der Waals surface area contributed by atoms with Crippen molar-refractivity contribution in [3.05, 3.63) is 0 Å². The van der Waals surface area contributed by atoms with E-state index in [4.69, 9.17) is 0 Å². The normalized spacial score (nSPS) is 31.8. The van der Waals surface area contributed by atoms with E-state index in [1.807, 2.05) is 0 Å². The Balaban J connectivity index is 2.65. The summed E-state index contributed by atoms with van der Waals surface area (Å²) in [6.07, 6.45) is 3.86. The summed E-state index contributed by atoms with van der Waals surface area (Å²) in [5.74, 6) is 0. The first-order valence-corrected chi connectivity index (χ1v) is 6.43. The Hall–Kier alpha value is -0.0800. The van der Waals surface area contributed by atoms with Gasteiger partial charge in [-0.15, -0.1) is 0 Å². The molecule has 0 amide bonds. The zero-order valence-electron chi connectivity index (χ0n) is 11.2. The molecule has 0 aliphatic carbocycles. The van der Waals surface area contributed by atoms with E-state index in [1.54, 1.807) is 0 Å². The van der Waals surface area contributed by atoms with Gasteiger partial charge >= 0.3 is 0 Å². The van der Waals surface area contributed by atoms with Gasteiger partial charge < -0.3 is 5.32 Å². The summed E-state index contributed by atoms with van der Waals surface area (Å²) in [6.45, 7) is 15.1. The lowest BCUT2D eigenvalue weighted by Gasteiger charge is -2.51. The fourth-order valence-electron chi connectivity index (χ4n) is 2.31. The highest BCUT2D eigenvalue weighted by atomic mass is 15.3. The molecule has 1 N–H and O–H groups in total. The summed E-state index contributed by atoms with van der Waals surface area (Å²) in [6, 6.07) is 0. The average Bonchev–Trinajstić information content (AvgIpc) is 2.20. The SMILES string of the molecule is CCCCN1CC(C)(C)NCC1(C)CC. The number of nitrogens with one attached hydrogen (secondary N) is 1. The molecule has 0 radical (unpaired) electrons. The average molecular weight is 212 g/mol. The monoisotopic (exact) mass is 212 g/mol. The Morgan fingerprint density at radius 2 is 1.87 bits per heavy atom. The second kappa shape index (κ2) is 4.84. The van der Waals surface area contributed by atoms with Gasteiger partial charge in [-0.3, -0.25) is 4.90 Å². The highest BCUT2D eigenvalue weighted by molar-refractivity contribution is 4.99. The van der Waals surface area contributed by atoms with E-state index >= 15 is 0 Å². The Bertz CT molecular complexity index is 201. The van der Waals surface area contributed by atoms with Crippen LogP contribution in [0.1, 0.15) is 53.9 Å². The molecule has 90 valence electrons. The molecule has 0 aromatic carbocycles. The van der Waals surface area contributed by atoms with Gasteiger partial charge in [0.15, 0.2) is 0 Å². The first kappa shape index (κ1) is 13.0. The van der Waals surface area contributed by atoms with Crippen molar-refractivity contribution in [3.63, 3.8) is 0 Å². The molecule has 0 aromatic rings. The number of nitrogens with zero attached hydrogens (tertiary/aromatic N) is 1. The van der Waals surface area contributed by atoms with Crippen LogP contribution in [0.5, 0.6) is 0 Å². The fourth-order valence-corrected chi connectivity index (χ4v) is 2.31. The first-order chi connectivity index (χ1) is 6.93.